The summed E-state index contributed by atoms with van der Waals surface area (Å²) >= 11 is 0. The number of imidazole rings is 1. The Labute approximate surface area is 239 Å². The van der Waals surface area contributed by atoms with Crippen LogP contribution in [0, 0.1) is 0 Å². The standard InChI is InChI=1S/C30H28N6O6/c37-13-23-26(38)24(35-29(39)20-7-6-18-3-1-2-4-19(18)12-20)30(42-23)36-15-34-25-27(32-14-33-28(25)36)31-10-9-17-5-8-21-22(11-17)41-16-40-21/h1-8,11-12,14-15,23-24,26,30,37-38H,9-10,13,16H2,(H,35,39)(H,31,32,33)/t23-,24-,26-,30-/m1/s1. The lowest BCUT2D eigenvalue weighted by atomic mass is 10.0. The number of anilines is 1. The number of benzene rings is 3. The van der Waals surface area contributed by atoms with Gasteiger partial charge in [0.15, 0.2) is 34.7 Å². The molecule has 0 aliphatic carbocycles. The first-order valence-corrected chi connectivity index (χ1v) is 13.6. The first-order valence-electron chi connectivity index (χ1n) is 13.6. The van der Waals surface area contributed by atoms with Crippen LogP contribution in [0.25, 0.3) is 21.9 Å². The Morgan fingerprint density at radius 3 is 2.74 bits per heavy atom. The van der Waals surface area contributed by atoms with Crippen LogP contribution in [0.1, 0.15) is 22.1 Å². The number of rotatable bonds is 8. The third kappa shape index (κ3) is 4.75. The fraction of sp³-hybridized carbons (Fsp3) is 0.267. The third-order valence-corrected chi connectivity index (χ3v) is 7.64. The molecular weight excluding hydrogens is 540 g/mol. The number of nitrogens with zero attached hydrogens (tertiary/aromatic N) is 4. The second-order valence-electron chi connectivity index (χ2n) is 10.2. The van der Waals surface area contributed by atoms with E-state index in [4.69, 9.17) is 14.2 Å². The number of ether oxygens (including phenoxy) is 3. The molecule has 214 valence electrons. The lowest BCUT2D eigenvalue weighted by molar-refractivity contribution is -0.0440. The Hall–Kier alpha value is -4.78. The summed E-state index contributed by atoms with van der Waals surface area (Å²) in [4.78, 5) is 26.6. The zero-order chi connectivity index (χ0) is 28.6. The minimum Gasteiger partial charge on any atom is -0.454 e. The second-order valence-corrected chi connectivity index (χ2v) is 10.2. The molecule has 4 heterocycles. The van der Waals surface area contributed by atoms with Crippen LogP contribution in [0.15, 0.2) is 73.3 Å². The number of aromatic nitrogens is 4. The summed E-state index contributed by atoms with van der Waals surface area (Å²) in [5.74, 6) is 1.64. The number of hydrogen-bond acceptors (Lipinski definition) is 10. The van der Waals surface area contributed by atoms with Crippen molar-refractivity contribution in [2.24, 2.45) is 0 Å². The van der Waals surface area contributed by atoms with Gasteiger partial charge in [-0.3, -0.25) is 9.36 Å². The van der Waals surface area contributed by atoms with Gasteiger partial charge >= 0.3 is 0 Å². The van der Waals surface area contributed by atoms with Crippen molar-refractivity contribution < 1.29 is 29.2 Å². The van der Waals surface area contributed by atoms with E-state index in [1.165, 1.54) is 12.7 Å². The maximum absolute atomic E-state index is 13.3. The fourth-order valence-corrected chi connectivity index (χ4v) is 5.44. The zero-order valence-corrected chi connectivity index (χ0v) is 22.4. The SMILES string of the molecule is O=C(N[C@@H]1[C@H](O)[C@@H](CO)O[C@H]1n1cnc2c(NCCc3ccc4c(c3)OCO4)ncnc21)c1ccc2ccccc2c1. The summed E-state index contributed by atoms with van der Waals surface area (Å²) < 4.78 is 18.5. The molecule has 12 heteroatoms. The molecule has 42 heavy (non-hydrogen) atoms. The van der Waals surface area contributed by atoms with Crippen LogP contribution in [0.5, 0.6) is 11.5 Å². The van der Waals surface area contributed by atoms with Gasteiger partial charge in [-0.25, -0.2) is 15.0 Å². The van der Waals surface area contributed by atoms with Gasteiger partial charge in [0.2, 0.25) is 6.79 Å². The van der Waals surface area contributed by atoms with Crippen molar-refractivity contribution in [2.75, 3.05) is 25.3 Å². The smallest absolute Gasteiger partial charge is 0.251 e. The van der Waals surface area contributed by atoms with Gasteiger partial charge in [-0.2, -0.15) is 0 Å². The van der Waals surface area contributed by atoms with E-state index in [2.05, 4.69) is 25.6 Å². The van der Waals surface area contributed by atoms with E-state index in [0.29, 0.717) is 35.5 Å². The summed E-state index contributed by atoms with van der Waals surface area (Å²) in [7, 11) is 0. The number of aliphatic hydroxyl groups is 2. The maximum atomic E-state index is 13.3. The molecule has 0 spiro atoms. The normalized spacial score (nSPS) is 21.2. The van der Waals surface area contributed by atoms with E-state index < -0.39 is 31.1 Å². The van der Waals surface area contributed by atoms with E-state index in [9.17, 15) is 15.0 Å². The van der Waals surface area contributed by atoms with Crippen molar-refractivity contribution in [3.05, 3.63) is 84.4 Å². The van der Waals surface area contributed by atoms with E-state index in [1.807, 2.05) is 48.5 Å². The average Bonchev–Trinajstić information content (AvgIpc) is 3.74. The van der Waals surface area contributed by atoms with E-state index in [0.717, 1.165) is 27.8 Å². The highest BCUT2D eigenvalue weighted by Crippen LogP contribution is 2.34. The largest absolute Gasteiger partial charge is 0.454 e. The molecule has 12 nitrogen and oxygen atoms in total. The van der Waals surface area contributed by atoms with Crippen LogP contribution < -0.4 is 20.1 Å². The van der Waals surface area contributed by atoms with Crippen LogP contribution in [0.3, 0.4) is 0 Å². The van der Waals surface area contributed by atoms with Crippen molar-refractivity contribution in [2.45, 2.75) is 30.9 Å². The van der Waals surface area contributed by atoms with Gasteiger partial charge in [0.25, 0.3) is 5.91 Å². The highest BCUT2D eigenvalue weighted by atomic mass is 16.7. The molecule has 0 bridgehead atoms. The molecule has 7 rings (SSSR count). The van der Waals surface area contributed by atoms with Crippen molar-refractivity contribution >= 4 is 33.7 Å². The number of hydrogen-bond donors (Lipinski definition) is 4. The predicted molar refractivity (Wildman–Crippen MR) is 152 cm³/mol. The lowest BCUT2D eigenvalue weighted by Crippen LogP contribution is -2.46. The summed E-state index contributed by atoms with van der Waals surface area (Å²) in [5.41, 5.74) is 2.49. The maximum Gasteiger partial charge on any atom is 0.251 e. The molecule has 0 radical (unpaired) electrons. The Bertz CT molecular complexity index is 1780. The fourth-order valence-electron chi connectivity index (χ4n) is 5.44. The van der Waals surface area contributed by atoms with E-state index in [1.54, 1.807) is 16.7 Å². The van der Waals surface area contributed by atoms with Crippen molar-refractivity contribution in [3.63, 3.8) is 0 Å². The van der Waals surface area contributed by atoms with Crippen LogP contribution in [0.2, 0.25) is 0 Å². The van der Waals surface area contributed by atoms with Gasteiger partial charge in [-0.15, -0.1) is 0 Å². The molecule has 2 aromatic heterocycles. The Balaban J connectivity index is 1.11. The highest BCUT2D eigenvalue weighted by Gasteiger charge is 2.46. The number of carbonyl (C=O) groups is 1. The quantitative estimate of drug-likeness (QED) is 0.220. The molecule has 4 N–H and O–H groups in total. The molecule has 1 saturated heterocycles. The monoisotopic (exact) mass is 568 g/mol. The number of amides is 1. The van der Waals surface area contributed by atoms with Crippen LogP contribution in [0.4, 0.5) is 5.82 Å². The highest BCUT2D eigenvalue weighted by molar-refractivity contribution is 5.98. The minimum absolute atomic E-state index is 0.230. The summed E-state index contributed by atoms with van der Waals surface area (Å²) in [5, 5.41) is 29.0. The summed E-state index contributed by atoms with van der Waals surface area (Å²) in [6.45, 7) is 0.385. The topological polar surface area (TPSA) is 153 Å². The van der Waals surface area contributed by atoms with Crippen molar-refractivity contribution in [1.82, 2.24) is 24.8 Å². The second kappa shape index (κ2) is 10.9. The van der Waals surface area contributed by atoms with E-state index >= 15 is 0 Å². The van der Waals surface area contributed by atoms with Crippen LogP contribution >= 0.6 is 0 Å². The molecule has 1 fully saturated rings. The molecular formula is C30H28N6O6. The predicted octanol–water partition coefficient (Wildman–Crippen LogP) is 2.41. The Morgan fingerprint density at radius 1 is 1.00 bits per heavy atom. The lowest BCUT2D eigenvalue weighted by Gasteiger charge is -2.23. The Kier molecular flexibility index (Phi) is 6.78. The zero-order valence-electron chi connectivity index (χ0n) is 22.4. The molecule has 2 aliphatic heterocycles. The van der Waals surface area contributed by atoms with Crippen LogP contribution in [-0.2, 0) is 11.2 Å². The van der Waals surface area contributed by atoms with Gasteiger partial charge < -0.3 is 35.1 Å². The molecule has 2 aliphatic rings. The minimum atomic E-state index is -1.16. The van der Waals surface area contributed by atoms with Gasteiger partial charge in [-0.1, -0.05) is 36.4 Å². The molecule has 0 saturated carbocycles. The number of carbonyl (C=O) groups excluding carboxylic acids is 1. The molecule has 5 aromatic rings. The molecule has 1 amide bonds. The number of fused-ring (bicyclic) bond motifs is 3. The van der Waals surface area contributed by atoms with E-state index in [-0.39, 0.29) is 12.7 Å². The Morgan fingerprint density at radius 2 is 1.86 bits per heavy atom. The summed E-state index contributed by atoms with van der Waals surface area (Å²) in [6.07, 6.45) is 0.721. The number of aliphatic hydroxyl groups excluding tert-OH is 2. The molecule has 3 aromatic carbocycles. The molecule has 0 unspecified atom stereocenters. The first-order chi connectivity index (χ1) is 20.6. The van der Waals surface area contributed by atoms with Crippen molar-refractivity contribution in [3.8, 4) is 11.5 Å². The number of nitrogens with one attached hydrogen (secondary N) is 2. The molecule has 4 atom stereocenters. The van der Waals surface area contributed by atoms with Crippen molar-refractivity contribution in [1.29, 1.82) is 0 Å². The van der Waals surface area contributed by atoms with Gasteiger partial charge in [0, 0.05) is 12.1 Å². The summed E-state index contributed by atoms with van der Waals surface area (Å²) in [6, 6.07) is 18.1. The van der Waals surface area contributed by atoms with Gasteiger partial charge in [0.1, 0.15) is 24.6 Å². The van der Waals surface area contributed by atoms with Gasteiger partial charge in [-0.05, 0) is 47.0 Å². The van der Waals surface area contributed by atoms with Crippen LogP contribution in [-0.4, -0.2) is 73.8 Å². The average molecular weight is 569 g/mol. The third-order valence-electron chi connectivity index (χ3n) is 7.64. The first kappa shape index (κ1) is 26.1. The van der Waals surface area contributed by atoms with Gasteiger partial charge in [0.05, 0.1) is 12.9 Å².